The van der Waals surface area contributed by atoms with Crippen molar-refractivity contribution >= 4 is 0 Å². The summed E-state index contributed by atoms with van der Waals surface area (Å²) in [6, 6.07) is 0. The molecule has 0 aliphatic carbocycles. The molecule has 3 nitrogen and oxygen atoms in total. The standard InChI is InChI=1S/Mn.2Na.3O/q+4;2*+1;3*-2. The van der Waals surface area contributed by atoms with E-state index < -0.39 is 0 Å². The van der Waals surface area contributed by atoms with Crippen LogP contribution in [0.15, 0.2) is 0 Å². The minimum Gasteiger partial charge on any atom is -2.00 e. The van der Waals surface area contributed by atoms with Crippen molar-refractivity contribution in [1.29, 1.82) is 0 Å². The molecule has 6 heavy (non-hydrogen) atoms. The van der Waals surface area contributed by atoms with Crippen LogP contribution in [0.25, 0.3) is 0 Å². The molecule has 0 aromatic carbocycles. The van der Waals surface area contributed by atoms with Crippen LogP contribution in [-0.2, 0) is 33.5 Å². The molecule has 0 rings (SSSR count). The van der Waals surface area contributed by atoms with Crippen molar-refractivity contribution in [2.75, 3.05) is 0 Å². The first-order valence-electron chi connectivity index (χ1n) is 0. The van der Waals surface area contributed by atoms with Gasteiger partial charge in [0.05, 0.1) is 0 Å². The Balaban J connectivity index is 0. The van der Waals surface area contributed by atoms with Gasteiger partial charge in [-0.2, -0.15) is 0 Å². The van der Waals surface area contributed by atoms with Crippen molar-refractivity contribution in [3.63, 3.8) is 0 Å². The summed E-state index contributed by atoms with van der Waals surface area (Å²) in [5.74, 6) is 0. The van der Waals surface area contributed by atoms with Crippen LogP contribution in [0, 0.1) is 0 Å². The minimum atomic E-state index is 0. The van der Waals surface area contributed by atoms with Gasteiger partial charge in [0.15, 0.2) is 0 Å². The molecule has 0 heterocycles. The van der Waals surface area contributed by atoms with Crippen LogP contribution in [0.5, 0.6) is 0 Å². The van der Waals surface area contributed by atoms with Gasteiger partial charge in [0.1, 0.15) is 0 Å². The zero-order valence-corrected chi connectivity index (χ0v) is 8.78. The molecule has 0 unspecified atom stereocenters. The molecule has 1 radical (unpaired) electrons. The molecule has 0 aliphatic rings. The summed E-state index contributed by atoms with van der Waals surface area (Å²) in [7, 11) is 0. The van der Waals surface area contributed by atoms with Crippen molar-refractivity contribution in [2.24, 2.45) is 0 Å². The van der Waals surface area contributed by atoms with Crippen molar-refractivity contribution in [3.05, 3.63) is 0 Å². The summed E-state index contributed by atoms with van der Waals surface area (Å²) in [6.45, 7) is 0. The van der Waals surface area contributed by atoms with Gasteiger partial charge in [0.25, 0.3) is 0 Å². The maximum Gasteiger partial charge on any atom is 4.00 e. The maximum absolute atomic E-state index is 0. The summed E-state index contributed by atoms with van der Waals surface area (Å²) in [5, 5.41) is 0. The smallest absolute Gasteiger partial charge is 2.00 e. The topological polar surface area (TPSA) is 85.5 Å². The van der Waals surface area contributed by atoms with E-state index in [1.54, 1.807) is 0 Å². The Labute approximate surface area is 91.2 Å². The monoisotopic (exact) mass is 149 g/mol. The summed E-state index contributed by atoms with van der Waals surface area (Å²) in [4.78, 5) is 0. The SMILES string of the molecule is [Mn+4].[Na+].[Na+].[O-2].[O-2].[O-2]. The summed E-state index contributed by atoms with van der Waals surface area (Å²) < 4.78 is 0. The third-order valence-electron chi connectivity index (χ3n) is 0. The van der Waals surface area contributed by atoms with Gasteiger partial charge in [-0.1, -0.05) is 0 Å². The molecule has 0 saturated carbocycles. The van der Waals surface area contributed by atoms with Crippen LogP contribution < -0.4 is 59.1 Å². The molecule has 0 aromatic rings. The molecule has 0 saturated heterocycles. The molecule has 0 aliphatic heterocycles. The van der Waals surface area contributed by atoms with Crippen molar-refractivity contribution < 1.29 is 92.6 Å². The first-order chi connectivity index (χ1) is 0. The summed E-state index contributed by atoms with van der Waals surface area (Å²) in [5.41, 5.74) is 0. The number of rotatable bonds is 0. The molecule has 0 fully saturated rings. The van der Waals surface area contributed by atoms with Crippen molar-refractivity contribution in [3.8, 4) is 0 Å². The molecule has 0 aromatic heterocycles. The average Bonchev–Trinajstić information content (AvgIpc) is 0. The summed E-state index contributed by atoms with van der Waals surface area (Å²) in [6.07, 6.45) is 0. The number of hydrogen-bond donors (Lipinski definition) is 0. The first-order valence-corrected chi connectivity index (χ1v) is 0. The van der Waals surface area contributed by atoms with E-state index in [9.17, 15) is 0 Å². The Kier molecular flexibility index (Phi) is 701. The van der Waals surface area contributed by atoms with E-state index in [0.717, 1.165) is 0 Å². The minimum absolute atomic E-state index is 0. The zero-order valence-electron chi connectivity index (χ0n) is 3.60. The Morgan fingerprint density at radius 1 is 0.500 bits per heavy atom. The van der Waals surface area contributed by atoms with Gasteiger partial charge in [-0.05, 0) is 0 Å². The predicted molar refractivity (Wildman–Crippen MR) is 2.06 cm³/mol. The molecule has 0 spiro atoms. The van der Waals surface area contributed by atoms with Gasteiger partial charge < -0.3 is 16.4 Å². The van der Waals surface area contributed by atoms with Crippen LogP contribution in [0.3, 0.4) is 0 Å². The van der Waals surface area contributed by atoms with Crippen LogP contribution in [0.2, 0.25) is 0 Å². The zero-order chi connectivity index (χ0) is 0. The van der Waals surface area contributed by atoms with Gasteiger partial charge in [-0.25, -0.2) is 0 Å². The van der Waals surface area contributed by atoms with Gasteiger partial charge in [0.2, 0.25) is 0 Å². The normalized spacial score (nSPS) is 0. The second-order valence-electron chi connectivity index (χ2n) is 0. The van der Waals surface area contributed by atoms with Crippen LogP contribution in [-0.4, -0.2) is 0 Å². The van der Waals surface area contributed by atoms with E-state index in [0.29, 0.717) is 0 Å². The Morgan fingerprint density at radius 2 is 0.500 bits per heavy atom. The van der Waals surface area contributed by atoms with E-state index in [1.807, 2.05) is 0 Å². The van der Waals surface area contributed by atoms with E-state index in [-0.39, 0.29) is 92.6 Å². The molecular weight excluding hydrogens is 149 g/mol. The fourth-order valence-corrected chi connectivity index (χ4v) is 0. The second kappa shape index (κ2) is 52.6. The van der Waals surface area contributed by atoms with Gasteiger partial charge in [-0.3, -0.25) is 0 Å². The average molecular weight is 149 g/mol. The predicted octanol–water partition coefficient (Wildman–Crippen LogP) is -6.35. The molecular formula is MnNa2O3. The van der Waals surface area contributed by atoms with E-state index in [2.05, 4.69) is 0 Å². The van der Waals surface area contributed by atoms with E-state index >= 15 is 0 Å². The van der Waals surface area contributed by atoms with Crippen LogP contribution in [0.4, 0.5) is 0 Å². The fraction of sp³-hybridized carbons (Fsp3) is 0. The Bertz CT molecular complexity index is 8.75. The third kappa shape index (κ3) is 32.4. The molecule has 0 N–H and O–H groups in total. The van der Waals surface area contributed by atoms with Gasteiger partial charge in [0, 0.05) is 0 Å². The quantitative estimate of drug-likeness (QED) is 0.307. The van der Waals surface area contributed by atoms with Crippen molar-refractivity contribution in [1.82, 2.24) is 0 Å². The summed E-state index contributed by atoms with van der Waals surface area (Å²) >= 11 is 0. The van der Waals surface area contributed by atoms with Gasteiger partial charge >= 0.3 is 76.2 Å². The third-order valence-corrected chi connectivity index (χ3v) is 0. The molecule has 0 bridgehead atoms. The molecule has 6 heteroatoms. The van der Waals surface area contributed by atoms with E-state index in [4.69, 9.17) is 0 Å². The van der Waals surface area contributed by atoms with Crippen LogP contribution in [0.1, 0.15) is 0 Å². The first kappa shape index (κ1) is 79.9. The van der Waals surface area contributed by atoms with Crippen LogP contribution >= 0.6 is 0 Å². The molecule has 0 amide bonds. The largest absolute Gasteiger partial charge is 4.00 e. The maximum atomic E-state index is 0. The van der Waals surface area contributed by atoms with E-state index in [1.165, 1.54) is 0 Å². The Morgan fingerprint density at radius 3 is 0.500 bits per heavy atom. The molecule has 0 atom stereocenters. The van der Waals surface area contributed by atoms with Crippen molar-refractivity contribution in [2.45, 2.75) is 0 Å². The van der Waals surface area contributed by atoms with Gasteiger partial charge in [-0.15, -0.1) is 0 Å². The second-order valence-corrected chi connectivity index (χ2v) is 0. The Hall–Kier alpha value is 2.40. The number of hydrogen-bond acceptors (Lipinski definition) is 0. The fourth-order valence-electron chi connectivity index (χ4n) is 0. The molecule has 27 valence electrons.